The summed E-state index contributed by atoms with van der Waals surface area (Å²) in [4.78, 5) is 0. The topological polar surface area (TPSA) is 36.9 Å². The van der Waals surface area contributed by atoms with Gasteiger partial charge in [0.15, 0.2) is 23.1 Å². The van der Waals surface area contributed by atoms with Gasteiger partial charge in [-0.15, -0.1) is 0 Å². The molecule has 4 aliphatic carbocycles. The maximum atomic E-state index is 15.1. The molecule has 0 radical (unpaired) electrons. The van der Waals surface area contributed by atoms with E-state index in [2.05, 4.69) is 45.1 Å². The van der Waals surface area contributed by atoms with Gasteiger partial charge in [-0.3, -0.25) is 0 Å². The molecule has 2 aromatic carbocycles. The normalized spacial score (nSPS) is 26.2. The molecule has 4 aliphatic rings. The summed E-state index contributed by atoms with van der Waals surface area (Å²) in [6, 6.07) is 6.64. The fraction of sp³-hybridized carbons (Fsp3) is 0.738. The largest absolute Gasteiger partial charge is 0.490 e. The van der Waals surface area contributed by atoms with E-state index >= 15 is 8.78 Å². The lowest BCUT2D eigenvalue weighted by Crippen LogP contribution is -2.25. The Morgan fingerprint density at radius 3 is 1.19 bits per heavy atom. The molecule has 0 unspecified atom stereocenters. The molecule has 69 heavy (non-hydrogen) atoms. The molecule has 0 heterocycles. The van der Waals surface area contributed by atoms with Crippen LogP contribution < -0.4 is 9.47 Å². The lowest BCUT2D eigenvalue weighted by molar-refractivity contribution is 0.0351. The summed E-state index contributed by atoms with van der Waals surface area (Å²) in [5, 5.41) is 0. The van der Waals surface area contributed by atoms with Crippen LogP contribution in [0.15, 0.2) is 48.6 Å². The van der Waals surface area contributed by atoms with Crippen LogP contribution in [0, 0.1) is 76.5 Å². The van der Waals surface area contributed by atoms with Crippen molar-refractivity contribution in [3.05, 3.63) is 83.0 Å². The number of halogens is 4. The highest BCUT2D eigenvalue weighted by Crippen LogP contribution is 2.44. The molecule has 388 valence electrons. The van der Waals surface area contributed by atoms with Gasteiger partial charge in [-0.05, 0) is 232 Å². The van der Waals surface area contributed by atoms with E-state index in [-0.39, 0.29) is 11.5 Å². The first-order valence-corrected chi connectivity index (χ1v) is 28.4. The van der Waals surface area contributed by atoms with Gasteiger partial charge in [-0.1, -0.05) is 69.0 Å². The highest BCUT2D eigenvalue weighted by molar-refractivity contribution is 5.32. The molecule has 2 aromatic rings. The smallest absolute Gasteiger partial charge is 0.200 e. The summed E-state index contributed by atoms with van der Waals surface area (Å²) in [7, 11) is 0. The zero-order chi connectivity index (χ0) is 48.6. The van der Waals surface area contributed by atoms with E-state index in [0.717, 1.165) is 93.3 Å². The first kappa shape index (κ1) is 55.5. The Balaban J connectivity index is 0.730. The molecule has 0 saturated heterocycles. The third-order valence-corrected chi connectivity index (χ3v) is 17.2. The van der Waals surface area contributed by atoms with Gasteiger partial charge in [0.05, 0.1) is 26.4 Å². The van der Waals surface area contributed by atoms with Crippen molar-refractivity contribution in [1.29, 1.82) is 0 Å². The van der Waals surface area contributed by atoms with Crippen molar-refractivity contribution in [2.24, 2.45) is 53.3 Å². The summed E-state index contributed by atoms with van der Waals surface area (Å²) >= 11 is 0. The Morgan fingerprint density at radius 2 is 0.826 bits per heavy atom. The number of hydrogen-bond donors (Lipinski definition) is 0. The minimum absolute atomic E-state index is 0.00427. The SMILES string of the molecule is C/C=C/C1CCC(C2CCC(CCc3ccc(OCCCCCOCC(CC)COCCCCCOc4ccc(CCC5CCC(C6CCC(/C=C/C)CC6)CC5)c(F)c4F)c(F)c3F)CC2)CC1. The molecular formula is C61H92F4O4. The van der Waals surface area contributed by atoms with E-state index in [1.807, 2.05) is 0 Å². The van der Waals surface area contributed by atoms with Gasteiger partial charge < -0.3 is 18.9 Å². The van der Waals surface area contributed by atoms with Crippen LogP contribution in [0.4, 0.5) is 17.6 Å². The number of ether oxygens (including phenoxy) is 4. The minimum atomic E-state index is -0.860. The molecule has 0 aliphatic heterocycles. The van der Waals surface area contributed by atoms with Crippen molar-refractivity contribution in [2.75, 3.05) is 39.6 Å². The Bertz CT molecular complexity index is 1650. The van der Waals surface area contributed by atoms with Crippen molar-refractivity contribution in [1.82, 2.24) is 0 Å². The third kappa shape index (κ3) is 18.3. The number of aryl methyl sites for hydroxylation is 2. The Hall–Kier alpha value is -2.84. The van der Waals surface area contributed by atoms with E-state index in [4.69, 9.17) is 18.9 Å². The molecule has 0 spiro atoms. The standard InChI is InChI=1S/C61H92F4O4/c1-4-13-46-15-25-50(26-16-46)52-29-19-48(20-30-52)23-33-54-35-37-56(60(64)58(54)62)68-41-11-7-9-39-66-43-45(6-3)44-67-40-10-8-12-42-69-57-38-36-55(59(63)61(57)65)34-24-49-21-31-53(32-22-49)51-27-17-47(14-5-2)18-28-51/h4-5,13-14,35-38,45-53H,6-12,15-34,39-44H2,1-3H3/b13-4+,14-5+. The van der Waals surface area contributed by atoms with Crippen LogP contribution in [0.1, 0.15) is 192 Å². The van der Waals surface area contributed by atoms with Crippen LogP contribution in [-0.4, -0.2) is 39.6 Å². The van der Waals surface area contributed by atoms with Gasteiger partial charge in [-0.2, -0.15) is 8.78 Å². The molecule has 8 heteroatoms. The van der Waals surface area contributed by atoms with Crippen molar-refractivity contribution in [3.63, 3.8) is 0 Å². The van der Waals surface area contributed by atoms with Gasteiger partial charge in [0.2, 0.25) is 11.6 Å². The van der Waals surface area contributed by atoms with Crippen molar-refractivity contribution in [3.8, 4) is 11.5 Å². The summed E-state index contributed by atoms with van der Waals surface area (Å²) < 4.78 is 83.3. The lowest BCUT2D eigenvalue weighted by Gasteiger charge is -2.37. The second-order valence-electron chi connectivity index (χ2n) is 22.0. The second kappa shape index (κ2) is 30.9. The number of allylic oxidation sites excluding steroid dienone is 4. The number of rotatable bonds is 29. The Labute approximate surface area is 416 Å². The fourth-order valence-electron chi connectivity index (χ4n) is 12.6. The van der Waals surface area contributed by atoms with Crippen molar-refractivity contribution < 1.29 is 36.5 Å². The first-order chi connectivity index (χ1) is 33.8. The van der Waals surface area contributed by atoms with E-state index in [9.17, 15) is 8.78 Å². The fourth-order valence-corrected chi connectivity index (χ4v) is 12.6. The zero-order valence-electron chi connectivity index (χ0n) is 43.3. The van der Waals surface area contributed by atoms with E-state index in [1.165, 1.54) is 103 Å². The molecule has 6 rings (SSSR count). The molecule has 0 aromatic heterocycles. The molecule has 0 atom stereocenters. The average molecular weight is 965 g/mol. The summed E-state index contributed by atoms with van der Waals surface area (Å²) in [6.07, 6.45) is 39.0. The third-order valence-electron chi connectivity index (χ3n) is 17.2. The highest BCUT2D eigenvalue weighted by Gasteiger charge is 2.32. The van der Waals surface area contributed by atoms with E-state index in [0.29, 0.717) is 81.4 Å². The molecule has 4 fully saturated rings. The van der Waals surface area contributed by atoms with Gasteiger partial charge in [0.1, 0.15) is 0 Å². The summed E-state index contributed by atoms with van der Waals surface area (Å²) in [5.41, 5.74) is 0.933. The van der Waals surface area contributed by atoms with Crippen LogP contribution in [-0.2, 0) is 22.3 Å². The molecule has 0 amide bonds. The van der Waals surface area contributed by atoms with Crippen molar-refractivity contribution in [2.45, 2.75) is 194 Å². The lowest BCUT2D eigenvalue weighted by atomic mass is 9.68. The van der Waals surface area contributed by atoms with E-state index in [1.54, 1.807) is 24.3 Å². The van der Waals surface area contributed by atoms with Crippen LogP contribution in [0.2, 0.25) is 0 Å². The van der Waals surface area contributed by atoms with Crippen LogP contribution in [0.25, 0.3) is 0 Å². The minimum Gasteiger partial charge on any atom is -0.490 e. The zero-order valence-corrected chi connectivity index (χ0v) is 43.3. The molecule has 4 nitrogen and oxygen atoms in total. The summed E-state index contributed by atoms with van der Waals surface area (Å²) in [6.45, 7) is 9.63. The molecular weight excluding hydrogens is 873 g/mol. The number of hydrogen-bond acceptors (Lipinski definition) is 4. The van der Waals surface area contributed by atoms with E-state index < -0.39 is 23.3 Å². The van der Waals surface area contributed by atoms with Crippen LogP contribution >= 0.6 is 0 Å². The number of benzene rings is 2. The second-order valence-corrected chi connectivity index (χ2v) is 22.0. The monoisotopic (exact) mass is 965 g/mol. The first-order valence-electron chi connectivity index (χ1n) is 28.4. The maximum Gasteiger partial charge on any atom is 0.200 e. The molecule has 0 N–H and O–H groups in total. The van der Waals surface area contributed by atoms with Crippen LogP contribution in [0.5, 0.6) is 11.5 Å². The number of unbranched alkanes of at least 4 members (excludes halogenated alkanes) is 4. The molecule has 4 saturated carbocycles. The highest BCUT2D eigenvalue weighted by atomic mass is 19.2. The molecule has 0 bridgehead atoms. The quantitative estimate of drug-likeness (QED) is 0.0462. The predicted molar refractivity (Wildman–Crippen MR) is 275 cm³/mol. The predicted octanol–water partition coefficient (Wildman–Crippen LogP) is 17.3. The van der Waals surface area contributed by atoms with Gasteiger partial charge in [0.25, 0.3) is 0 Å². The van der Waals surface area contributed by atoms with Gasteiger partial charge >= 0.3 is 0 Å². The maximum absolute atomic E-state index is 15.1. The van der Waals surface area contributed by atoms with Gasteiger partial charge in [0, 0.05) is 19.1 Å². The van der Waals surface area contributed by atoms with Crippen LogP contribution in [0.3, 0.4) is 0 Å². The van der Waals surface area contributed by atoms with Crippen molar-refractivity contribution >= 4 is 0 Å². The Kier molecular flexibility index (Phi) is 24.8. The van der Waals surface area contributed by atoms with Gasteiger partial charge in [-0.25, -0.2) is 8.78 Å². The summed E-state index contributed by atoms with van der Waals surface area (Å²) in [5.74, 6) is 3.34. The Morgan fingerprint density at radius 1 is 0.464 bits per heavy atom. The average Bonchev–Trinajstić information content (AvgIpc) is 3.37.